The van der Waals surface area contributed by atoms with Crippen molar-refractivity contribution in [2.45, 2.75) is 46.0 Å². The van der Waals surface area contributed by atoms with Gasteiger partial charge in [0.15, 0.2) is 0 Å². The zero-order valence-electron chi connectivity index (χ0n) is 18.6. The van der Waals surface area contributed by atoms with E-state index in [2.05, 4.69) is 26.7 Å². The molecule has 1 saturated heterocycles. The lowest BCUT2D eigenvalue weighted by atomic mass is 9.79. The van der Waals surface area contributed by atoms with E-state index in [-0.39, 0.29) is 13.1 Å². The molecule has 2 aromatic heterocycles. The van der Waals surface area contributed by atoms with Gasteiger partial charge in [-0.3, -0.25) is 14.6 Å². The van der Waals surface area contributed by atoms with Gasteiger partial charge in [-0.05, 0) is 56.4 Å². The highest BCUT2D eigenvalue weighted by molar-refractivity contribution is 6.08. The Kier molecular flexibility index (Phi) is 6.64. The number of carbonyl (C=O) groups excluding carboxylic acids is 2. The van der Waals surface area contributed by atoms with Gasteiger partial charge in [-0.25, -0.2) is 4.98 Å². The highest BCUT2D eigenvalue weighted by atomic mass is 16.2. The first-order chi connectivity index (χ1) is 15.0. The number of pyridine rings is 2. The Bertz CT molecular complexity index is 951. The number of aryl methyl sites for hydroxylation is 1. The van der Waals surface area contributed by atoms with Crippen LogP contribution in [0.1, 0.15) is 62.2 Å². The maximum atomic E-state index is 13.1. The van der Waals surface area contributed by atoms with Crippen molar-refractivity contribution >= 4 is 17.5 Å². The summed E-state index contributed by atoms with van der Waals surface area (Å²) in [7, 11) is 0. The van der Waals surface area contributed by atoms with Crippen molar-refractivity contribution in [2.75, 3.05) is 31.1 Å². The van der Waals surface area contributed by atoms with Crippen molar-refractivity contribution < 1.29 is 11.0 Å². The summed E-state index contributed by atoms with van der Waals surface area (Å²) in [5.41, 5.74) is 1.73. The highest BCUT2D eigenvalue weighted by Crippen LogP contribution is 2.31. The molecule has 31 heavy (non-hydrogen) atoms. The van der Waals surface area contributed by atoms with Gasteiger partial charge in [0, 0.05) is 51.0 Å². The molecule has 6 nitrogen and oxygen atoms in total. The second kappa shape index (κ2) is 9.58. The molecular formula is C25H34N4O2. The molecule has 6 heteroatoms. The molecule has 0 N–H and O–H groups in total. The molecule has 2 atom stereocenters. The quantitative estimate of drug-likeness (QED) is 0.693. The van der Waals surface area contributed by atoms with Crippen LogP contribution in [0, 0.1) is 18.8 Å². The smallest absolute Gasteiger partial charge is 0.226 e. The van der Waals surface area contributed by atoms with E-state index in [0.29, 0.717) is 35.3 Å². The molecule has 0 bridgehead atoms. The number of hydrogen-bond acceptors (Lipinski definition) is 5. The molecule has 1 aliphatic carbocycles. The van der Waals surface area contributed by atoms with Gasteiger partial charge in [-0.15, -0.1) is 0 Å². The summed E-state index contributed by atoms with van der Waals surface area (Å²) in [6, 6.07) is 9.17. The van der Waals surface area contributed by atoms with Crippen LogP contribution >= 0.6 is 0 Å². The molecule has 1 amide bonds. The molecule has 4 rings (SSSR count). The molecule has 1 saturated carbocycles. The third-order valence-corrected chi connectivity index (χ3v) is 6.78. The van der Waals surface area contributed by atoms with Crippen molar-refractivity contribution in [2.24, 2.45) is 11.8 Å². The first-order valence-corrected chi connectivity index (χ1v) is 11.5. The molecule has 166 valence electrons. The zero-order valence-corrected chi connectivity index (χ0v) is 18.6. The van der Waals surface area contributed by atoms with Gasteiger partial charge in [0.2, 0.25) is 11.7 Å². The average molecular weight is 423 g/mol. The number of amides is 1. The van der Waals surface area contributed by atoms with Crippen molar-refractivity contribution in [3.05, 3.63) is 53.5 Å². The van der Waals surface area contributed by atoms with E-state index in [1.54, 1.807) is 24.4 Å². The van der Waals surface area contributed by atoms with Crippen LogP contribution in [0.15, 0.2) is 36.5 Å². The Morgan fingerprint density at radius 3 is 2.65 bits per heavy atom. The van der Waals surface area contributed by atoms with Gasteiger partial charge in [-0.2, -0.15) is 0 Å². The monoisotopic (exact) mass is 422 g/mol. The minimum Gasteiger partial charge on any atom is -0.355 e. The summed E-state index contributed by atoms with van der Waals surface area (Å²) in [6.07, 6.45) is 7.21. The fraction of sp³-hybridized carbons (Fsp3) is 0.520. The van der Waals surface area contributed by atoms with Crippen LogP contribution in [-0.2, 0) is 4.79 Å². The molecule has 0 spiro atoms. The van der Waals surface area contributed by atoms with Crippen LogP contribution in [-0.4, -0.2) is 52.7 Å². The normalized spacial score (nSPS) is 22.1. The standard InChI is InChI=1S/C25H32N4O2.H2/c1-18-8-3-4-9-20(18)25(31)29-15-7-14-28(16-17-29)23-12-5-11-22(27-23)24(30)21-10-6-13-26-19(21)2;/h5-6,10-13,18,20H,3-4,7-9,14-17H2,1-2H3;1H. The molecule has 2 unspecified atom stereocenters. The van der Waals surface area contributed by atoms with Crippen LogP contribution in [0.4, 0.5) is 5.82 Å². The maximum absolute atomic E-state index is 13.1. The lowest BCUT2D eigenvalue weighted by molar-refractivity contribution is -0.138. The Morgan fingerprint density at radius 2 is 1.84 bits per heavy atom. The maximum Gasteiger partial charge on any atom is 0.226 e. The fourth-order valence-corrected chi connectivity index (χ4v) is 4.87. The minimum atomic E-state index is -0.106. The Labute approximate surface area is 186 Å². The number of ketones is 1. The van der Waals surface area contributed by atoms with Gasteiger partial charge in [0.05, 0.1) is 0 Å². The van der Waals surface area contributed by atoms with Gasteiger partial charge >= 0.3 is 0 Å². The van der Waals surface area contributed by atoms with Crippen molar-refractivity contribution in [3.8, 4) is 0 Å². The fourth-order valence-electron chi connectivity index (χ4n) is 4.87. The largest absolute Gasteiger partial charge is 0.355 e. The zero-order chi connectivity index (χ0) is 21.8. The third-order valence-electron chi connectivity index (χ3n) is 6.78. The first-order valence-electron chi connectivity index (χ1n) is 11.5. The van der Waals surface area contributed by atoms with Crippen LogP contribution < -0.4 is 4.90 Å². The highest BCUT2D eigenvalue weighted by Gasteiger charge is 2.32. The predicted octanol–water partition coefficient (Wildman–Crippen LogP) is 4.13. The van der Waals surface area contributed by atoms with Crippen LogP contribution in [0.5, 0.6) is 0 Å². The molecule has 1 aliphatic heterocycles. The summed E-state index contributed by atoms with van der Waals surface area (Å²) in [5, 5.41) is 0. The van der Waals surface area contributed by atoms with E-state index in [0.717, 1.165) is 44.7 Å². The van der Waals surface area contributed by atoms with Gasteiger partial charge in [0.25, 0.3) is 0 Å². The molecule has 3 heterocycles. The number of hydrogen-bond donors (Lipinski definition) is 0. The van der Waals surface area contributed by atoms with Crippen LogP contribution in [0.3, 0.4) is 0 Å². The number of rotatable bonds is 4. The van der Waals surface area contributed by atoms with Gasteiger partial charge in [0.1, 0.15) is 11.5 Å². The third kappa shape index (κ3) is 4.78. The summed E-state index contributed by atoms with van der Waals surface area (Å²) < 4.78 is 0. The van der Waals surface area contributed by atoms with E-state index >= 15 is 0 Å². The number of nitrogens with zero attached hydrogens (tertiary/aromatic N) is 4. The Hall–Kier alpha value is -2.76. The summed E-state index contributed by atoms with van der Waals surface area (Å²) in [4.78, 5) is 39.2. The summed E-state index contributed by atoms with van der Waals surface area (Å²) in [6.45, 7) is 7.15. The van der Waals surface area contributed by atoms with Crippen LogP contribution in [0.2, 0.25) is 0 Å². The molecular weight excluding hydrogens is 388 g/mol. The van der Waals surface area contributed by atoms with Crippen molar-refractivity contribution in [3.63, 3.8) is 0 Å². The van der Waals surface area contributed by atoms with E-state index in [1.807, 2.05) is 19.1 Å². The number of aromatic nitrogens is 2. The lowest BCUT2D eigenvalue weighted by Crippen LogP contribution is -2.41. The molecule has 2 fully saturated rings. The lowest BCUT2D eigenvalue weighted by Gasteiger charge is -2.32. The predicted molar refractivity (Wildman–Crippen MR) is 123 cm³/mol. The van der Waals surface area contributed by atoms with Crippen molar-refractivity contribution in [1.82, 2.24) is 14.9 Å². The number of carbonyl (C=O) groups is 2. The number of anilines is 1. The molecule has 0 radical (unpaired) electrons. The molecule has 0 aromatic carbocycles. The summed E-state index contributed by atoms with van der Waals surface area (Å²) >= 11 is 0. The van der Waals surface area contributed by atoms with Gasteiger partial charge in [-0.1, -0.05) is 25.8 Å². The van der Waals surface area contributed by atoms with Crippen molar-refractivity contribution in [1.29, 1.82) is 0 Å². The Morgan fingerprint density at radius 1 is 1.00 bits per heavy atom. The molecule has 2 aromatic rings. The van der Waals surface area contributed by atoms with Gasteiger partial charge < -0.3 is 9.80 Å². The second-order valence-corrected chi connectivity index (χ2v) is 8.88. The average Bonchev–Trinajstić information content (AvgIpc) is 3.05. The minimum absolute atomic E-state index is 0. The second-order valence-electron chi connectivity index (χ2n) is 8.88. The van der Waals surface area contributed by atoms with Crippen LogP contribution in [0.25, 0.3) is 0 Å². The van der Waals surface area contributed by atoms with E-state index in [4.69, 9.17) is 0 Å². The first kappa shape index (κ1) is 21.5. The SMILES string of the molecule is Cc1ncccc1C(=O)c1cccc(N2CCCN(C(=O)C3CCCCC3C)CC2)n1.[HH]. The van der Waals surface area contributed by atoms with E-state index < -0.39 is 0 Å². The summed E-state index contributed by atoms with van der Waals surface area (Å²) in [5.74, 6) is 1.69. The van der Waals surface area contributed by atoms with E-state index in [9.17, 15) is 9.59 Å². The topological polar surface area (TPSA) is 66.4 Å². The molecule has 2 aliphatic rings. The Balaban J connectivity index is 0.00000289. The van der Waals surface area contributed by atoms with E-state index in [1.165, 1.54) is 12.8 Å².